The Morgan fingerprint density at radius 1 is 1.13 bits per heavy atom. The zero-order valence-electron chi connectivity index (χ0n) is 16.5. The molecule has 0 saturated carbocycles. The maximum Gasteiger partial charge on any atom is 0.257 e. The SMILES string of the molecule is CCOc1ccc(C(=O)NC(=S)Nc2ccc3oc(-c4cccc(I)c4)nc3c2)cc1. The van der Waals surface area contributed by atoms with Crippen LogP contribution in [0.1, 0.15) is 17.3 Å². The maximum absolute atomic E-state index is 12.4. The predicted molar refractivity (Wildman–Crippen MR) is 133 cm³/mol. The molecule has 0 unspecified atom stereocenters. The van der Waals surface area contributed by atoms with Crippen molar-refractivity contribution >= 4 is 62.6 Å². The van der Waals surface area contributed by atoms with E-state index < -0.39 is 0 Å². The third-order valence-corrected chi connectivity index (χ3v) is 5.25. The summed E-state index contributed by atoms with van der Waals surface area (Å²) in [5.74, 6) is 0.964. The molecule has 0 radical (unpaired) electrons. The topological polar surface area (TPSA) is 76.4 Å². The first-order valence-electron chi connectivity index (χ1n) is 9.53. The number of oxazole rings is 1. The van der Waals surface area contributed by atoms with Crippen molar-refractivity contribution in [2.75, 3.05) is 11.9 Å². The Bertz CT molecular complexity index is 1250. The molecule has 0 bridgehead atoms. The highest BCUT2D eigenvalue weighted by Gasteiger charge is 2.11. The number of aromatic nitrogens is 1. The van der Waals surface area contributed by atoms with Gasteiger partial charge in [-0.05, 0) is 102 Å². The molecule has 0 saturated heterocycles. The van der Waals surface area contributed by atoms with Crippen LogP contribution < -0.4 is 15.4 Å². The zero-order chi connectivity index (χ0) is 21.8. The van der Waals surface area contributed by atoms with Gasteiger partial charge in [-0.25, -0.2) is 4.98 Å². The average Bonchev–Trinajstić information content (AvgIpc) is 3.18. The molecule has 0 fully saturated rings. The largest absolute Gasteiger partial charge is 0.494 e. The van der Waals surface area contributed by atoms with E-state index in [9.17, 15) is 4.79 Å². The monoisotopic (exact) mass is 543 g/mol. The number of nitrogens with one attached hydrogen (secondary N) is 2. The molecular formula is C23H18IN3O3S. The van der Waals surface area contributed by atoms with E-state index in [1.54, 1.807) is 24.3 Å². The van der Waals surface area contributed by atoms with E-state index >= 15 is 0 Å². The first-order chi connectivity index (χ1) is 15.0. The molecular weight excluding hydrogens is 525 g/mol. The molecule has 3 aromatic carbocycles. The summed E-state index contributed by atoms with van der Waals surface area (Å²) in [6, 6.07) is 20.3. The number of benzene rings is 3. The lowest BCUT2D eigenvalue weighted by Crippen LogP contribution is -2.34. The quantitative estimate of drug-likeness (QED) is 0.251. The molecule has 2 N–H and O–H groups in total. The van der Waals surface area contributed by atoms with Crippen molar-refractivity contribution in [3.05, 3.63) is 75.9 Å². The van der Waals surface area contributed by atoms with E-state index in [0.29, 0.717) is 40.6 Å². The van der Waals surface area contributed by atoms with Crippen LogP contribution >= 0.6 is 34.8 Å². The van der Waals surface area contributed by atoms with Gasteiger partial charge in [-0.15, -0.1) is 0 Å². The summed E-state index contributed by atoms with van der Waals surface area (Å²) in [5.41, 5.74) is 3.47. The minimum Gasteiger partial charge on any atom is -0.494 e. The number of rotatable bonds is 5. The molecule has 6 nitrogen and oxygen atoms in total. The van der Waals surface area contributed by atoms with Crippen LogP contribution in [0.25, 0.3) is 22.6 Å². The van der Waals surface area contributed by atoms with Crippen molar-refractivity contribution in [3.63, 3.8) is 0 Å². The van der Waals surface area contributed by atoms with E-state index in [1.165, 1.54) is 0 Å². The van der Waals surface area contributed by atoms with Crippen LogP contribution in [0.15, 0.2) is 71.1 Å². The summed E-state index contributed by atoms with van der Waals surface area (Å²) in [7, 11) is 0. The first-order valence-corrected chi connectivity index (χ1v) is 11.0. The van der Waals surface area contributed by atoms with Gasteiger partial charge >= 0.3 is 0 Å². The molecule has 31 heavy (non-hydrogen) atoms. The number of nitrogens with zero attached hydrogens (tertiary/aromatic N) is 1. The highest BCUT2D eigenvalue weighted by atomic mass is 127. The Morgan fingerprint density at radius 3 is 2.68 bits per heavy atom. The molecule has 1 heterocycles. The van der Waals surface area contributed by atoms with Crippen LogP contribution in [-0.4, -0.2) is 22.6 Å². The van der Waals surface area contributed by atoms with Crippen LogP contribution in [0.5, 0.6) is 5.75 Å². The predicted octanol–water partition coefficient (Wildman–Crippen LogP) is 5.62. The molecule has 4 aromatic rings. The number of hydrogen-bond donors (Lipinski definition) is 2. The standard InChI is InChI=1S/C23H18IN3O3S/c1-2-29-18-9-6-14(7-10-18)21(28)27-23(31)25-17-8-11-20-19(13-17)26-22(30-20)15-4-3-5-16(24)12-15/h3-13H,2H2,1H3,(H2,25,27,28,31). The van der Waals surface area contributed by atoms with E-state index in [2.05, 4.69) is 38.2 Å². The smallest absolute Gasteiger partial charge is 0.257 e. The van der Waals surface area contributed by atoms with Crippen LogP contribution in [0, 0.1) is 3.57 Å². The fourth-order valence-corrected chi connectivity index (χ4v) is 3.71. The summed E-state index contributed by atoms with van der Waals surface area (Å²) in [4.78, 5) is 17.0. The van der Waals surface area contributed by atoms with E-state index in [1.807, 2.05) is 49.4 Å². The lowest BCUT2D eigenvalue weighted by atomic mass is 10.2. The Morgan fingerprint density at radius 2 is 1.94 bits per heavy atom. The minimum atomic E-state index is -0.302. The van der Waals surface area contributed by atoms with Gasteiger partial charge in [0.05, 0.1) is 6.61 Å². The first kappa shape index (κ1) is 21.3. The third-order valence-electron chi connectivity index (χ3n) is 4.37. The summed E-state index contributed by atoms with van der Waals surface area (Å²) in [6.45, 7) is 2.48. The number of halogens is 1. The molecule has 1 aromatic heterocycles. The zero-order valence-corrected chi connectivity index (χ0v) is 19.5. The Labute approximate surface area is 198 Å². The van der Waals surface area contributed by atoms with Gasteiger partial charge in [0, 0.05) is 20.4 Å². The molecule has 1 amide bonds. The van der Waals surface area contributed by atoms with Gasteiger partial charge in [0.15, 0.2) is 10.7 Å². The van der Waals surface area contributed by atoms with Crippen molar-refractivity contribution in [2.24, 2.45) is 0 Å². The lowest BCUT2D eigenvalue weighted by molar-refractivity contribution is 0.0977. The van der Waals surface area contributed by atoms with Crippen molar-refractivity contribution in [1.82, 2.24) is 10.3 Å². The van der Waals surface area contributed by atoms with Gasteiger partial charge in [-0.2, -0.15) is 0 Å². The number of anilines is 1. The normalized spacial score (nSPS) is 10.6. The Hall–Kier alpha value is -2.98. The number of carbonyl (C=O) groups excluding carboxylic acids is 1. The van der Waals surface area contributed by atoms with Gasteiger partial charge in [0.1, 0.15) is 11.3 Å². The van der Waals surface area contributed by atoms with Gasteiger partial charge in [-0.1, -0.05) is 6.07 Å². The molecule has 156 valence electrons. The molecule has 0 aliphatic rings. The van der Waals surface area contributed by atoms with E-state index in [-0.39, 0.29) is 11.0 Å². The molecule has 0 aliphatic heterocycles. The molecule has 8 heteroatoms. The van der Waals surface area contributed by atoms with Crippen molar-refractivity contribution in [3.8, 4) is 17.2 Å². The summed E-state index contributed by atoms with van der Waals surface area (Å²) in [5, 5.41) is 5.89. The van der Waals surface area contributed by atoms with Crippen molar-refractivity contribution in [1.29, 1.82) is 0 Å². The number of thiocarbonyl (C=S) groups is 1. The van der Waals surface area contributed by atoms with Gasteiger partial charge in [0.25, 0.3) is 5.91 Å². The van der Waals surface area contributed by atoms with Gasteiger partial charge in [0.2, 0.25) is 5.89 Å². The van der Waals surface area contributed by atoms with Gasteiger partial charge in [-0.3, -0.25) is 10.1 Å². The number of ether oxygens (including phenoxy) is 1. The van der Waals surface area contributed by atoms with Crippen LogP contribution in [-0.2, 0) is 0 Å². The summed E-state index contributed by atoms with van der Waals surface area (Å²) in [6.07, 6.45) is 0. The molecule has 0 spiro atoms. The summed E-state index contributed by atoms with van der Waals surface area (Å²) >= 11 is 7.54. The second kappa shape index (κ2) is 9.44. The summed E-state index contributed by atoms with van der Waals surface area (Å²) < 4.78 is 12.4. The van der Waals surface area contributed by atoms with Crippen molar-refractivity contribution < 1.29 is 13.9 Å². The van der Waals surface area contributed by atoms with Crippen molar-refractivity contribution in [2.45, 2.75) is 6.92 Å². The lowest BCUT2D eigenvalue weighted by Gasteiger charge is -2.10. The fraction of sp³-hybridized carbons (Fsp3) is 0.0870. The van der Waals surface area contributed by atoms with Gasteiger partial charge < -0.3 is 14.5 Å². The van der Waals surface area contributed by atoms with Crippen LogP contribution in [0.3, 0.4) is 0 Å². The van der Waals surface area contributed by atoms with Crippen LogP contribution in [0.4, 0.5) is 5.69 Å². The fourth-order valence-electron chi connectivity index (χ4n) is 2.96. The second-order valence-corrected chi connectivity index (χ2v) is 8.23. The highest BCUT2D eigenvalue weighted by Crippen LogP contribution is 2.27. The van der Waals surface area contributed by atoms with E-state index in [0.717, 1.165) is 9.13 Å². The number of amides is 1. The molecule has 4 rings (SSSR count). The highest BCUT2D eigenvalue weighted by molar-refractivity contribution is 14.1. The minimum absolute atomic E-state index is 0.194. The Kier molecular flexibility index (Phi) is 6.47. The number of hydrogen-bond acceptors (Lipinski definition) is 5. The molecule has 0 aliphatic carbocycles. The maximum atomic E-state index is 12.4. The third kappa shape index (κ3) is 5.20. The Balaban J connectivity index is 1.44. The average molecular weight is 543 g/mol. The molecule has 0 atom stereocenters. The number of fused-ring (bicyclic) bond motifs is 1. The van der Waals surface area contributed by atoms with Crippen LogP contribution in [0.2, 0.25) is 0 Å². The second-order valence-electron chi connectivity index (χ2n) is 6.58. The van der Waals surface area contributed by atoms with E-state index in [4.69, 9.17) is 21.4 Å². The number of carbonyl (C=O) groups is 1.